The molecule has 0 saturated carbocycles. The van der Waals surface area contributed by atoms with Gasteiger partial charge in [-0.05, 0) is 6.42 Å². The maximum Gasteiger partial charge on any atom is 0.0430 e. The van der Waals surface area contributed by atoms with Crippen LogP contribution >= 0.6 is 0 Å². The largest absolute Gasteiger partial charge is 0.542 e. The van der Waals surface area contributed by atoms with Gasteiger partial charge in [0.15, 0.2) is 0 Å². The first kappa shape index (κ1) is 16.1. The number of hydrogen-bond donors (Lipinski definition) is 1. The van der Waals surface area contributed by atoms with Crippen LogP contribution in [0.15, 0.2) is 0 Å². The molecule has 3 heteroatoms. The van der Waals surface area contributed by atoms with Gasteiger partial charge in [0.2, 0.25) is 0 Å². The van der Waals surface area contributed by atoms with E-state index in [-0.39, 0.29) is 19.5 Å². The minimum absolute atomic E-state index is 0. The van der Waals surface area contributed by atoms with Crippen molar-refractivity contribution in [3.8, 4) is 0 Å². The van der Waals surface area contributed by atoms with Gasteiger partial charge in [-0.1, -0.05) is 13.3 Å². The Hall–Kier alpha value is 0.253. The fraction of sp³-hybridized carbons (Fsp3) is 0.833. The first-order valence-corrected chi connectivity index (χ1v) is 2.73. The third kappa shape index (κ3) is 63.6. The van der Waals surface area contributed by atoms with Crippen LogP contribution in [0.25, 0.3) is 0 Å². The molecule has 0 amide bonds. The molecule has 0 aliphatic carbocycles. The Balaban J connectivity index is -0.0000000800. The number of hydrogen-bond acceptors (Lipinski definition) is 2. The van der Waals surface area contributed by atoms with Crippen molar-refractivity contribution in [3.05, 3.63) is 0 Å². The molecule has 2 nitrogen and oxygen atoms in total. The van der Waals surface area contributed by atoms with E-state index in [1.807, 2.05) is 0 Å². The summed E-state index contributed by atoms with van der Waals surface area (Å²) in [6, 6.07) is 0. The number of carbonyl (C=O) groups excluding carboxylic acids is 1. The second-order valence-electron chi connectivity index (χ2n) is 1.28. The molecule has 0 heterocycles. The molecule has 0 radical (unpaired) electrons. The Morgan fingerprint density at radius 2 is 1.89 bits per heavy atom. The average molecular weight is 183 g/mol. The van der Waals surface area contributed by atoms with E-state index < -0.39 is 0 Å². The minimum atomic E-state index is 0. The smallest absolute Gasteiger partial charge is 0.0430 e. The summed E-state index contributed by atoms with van der Waals surface area (Å²) in [6.45, 7) is 3.72. The van der Waals surface area contributed by atoms with E-state index in [4.69, 9.17) is 9.90 Å². The van der Waals surface area contributed by atoms with Crippen LogP contribution in [0.2, 0.25) is 0 Å². The first-order chi connectivity index (χ1) is 3.83. The molecular weight excluding hydrogens is 169 g/mol. The maximum absolute atomic E-state index is 8.68. The third-order valence-electron chi connectivity index (χ3n) is 0.512. The molecule has 0 aliphatic heterocycles. The predicted molar refractivity (Wildman–Crippen MR) is 33.4 cm³/mol. The predicted octanol–water partition coefficient (Wildman–Crippen LogP) is 0.892. The van der Waals surface area contributed by atoms with E-state index in [9.17, 15) is 0 Å². The Labute approximate surface area is 69.4 Å². The molecule has 0 aromatic rings. The van der Waals surface area contributed by atoms with Crippen LogP contribution in [0, 0.1) is 0 Å². The molecule has 52 valence electrons. The topological polar surface area (TPSA) is 37.3 Å². The third-order valence-corrected chi connectivity index (χ3v) is 0.512. The summed E-state index contributed by atoms with van der Waals surface area (Å²) in [5, 5.41) is 8.07. The molecule has 1 N–H and O–H groups in total. The standard InChI is InChI=1S/C4H10O.C2H3O.Zn/c1-2-3-4-5;1-2-3;/h5H,2-4H2,1H3;1H3;/q;-1;. The quantitative estimate of drug-likeness (QED) is 0.509. The van der Waals surface area contributed by atoms with Gasteiger partial charge in [0.1, 0.15) is 0 Å². The second-order valence-corrected chi connectivity index (χ2v) is 1.28. The monoisotopic (exact) mass is 181 g/mol. The molecule has 0 saturated heterocycles. The van der Waals surface area contributed by atoms with Crippen LogP contribution in [0.4, 0.5) is 0 Å². The summed E-state index contributed by atoms with van der Waals surface area (Å²) < 4.78 is 0. The first-order valence-electron chi connectivity index (χ1n) is 2.73. The number of rotatable bonds is 2. The van der Waals surface area contributed by atoms with E-state index in [0.29, 0.717) is 6.61 Å². The van der Waals surface area contributed by atoms with E-state index in [2.05, 4.69) is 6.92 Å². The Bertz CT molecular complexity index is 38.0. The summed E-state index contributed by atoms with van der Waals surface area (Å²) in [6.07, 6.45) is 3.54. The summed E-state index contributed by atoms with van der Waals surface area (Å²) in [5.74, 6) is 0. The molecule has 0 fully saturated rings. The fourth-order valence-corrected chi connectivity index (χ4v) is 0.158. The van der Waals surface area contributed by atoms with Gasteiger partial charge in [0.25, 0.3) is 0 Å². The SMILES string of the molecule is CCCCO.C[C-]=O.[Zn]. The molecule has 0 rings (SSSR count). The zero-order valence-corrected chi connectivity index (χ0v) is 9.15. The Morgan fingerprint density at radius 3 is 1.89 bits per heavy atom. The van der Waals surface area contributed by atoms with Crippen molar-refractivity contribution in [1.82, 2.24) is 0 Å². The zero-order chi connectivity index (χ0) is 6.83. The molecule has 0 aromatic heterocycles. The van der Waals surface area contributed by atoms with Gasteiger partial charge >= 0.3 is 0 Å². The van der Waals surface area contributed by atoms with Crippen molar-refractivity contribution in [3.63, 3.8) is 0 Å². The van der Waals surface area contributed by atoms with Gasteiger partial charge in [0.05, 0.1) is 0 Å². The summed E-state index contributed by atoms with van der Waals surface area (Å²) in [5.41, 5.74) is 0. The Kier molecular flexibility index (Phi) is 43.0. The second kappa shape index (κ2) is 24.0. The molecule has 0 spiro atoms. The normalized spacial score (nSPS) is 6.11. The molecule has 0 unspecified atom stereocenters. The zero-order valence-electron chi connectivity index (χ0n) is 6.18. The van der Waals surface area contributed by atoms with Crippen molar-refractivity contribution < 1.29 is 29.4 Å². The van der Waals surface area contributed by atoms with Gasteiger partial charge in [-0.2, -0.15) is 6.92 Å². The van der Waals surface area contributed by atoms with Crippen LogP contribution in [0.3, 0.4) is 0 Å². The summed E-state index contributed by atoms with van der Waals surface area (Å²) in [4.78, 5) is 8.68. The van der Waals surface area contributed by atoms with Crippen LogP contribution < -0.4 is 0 Å². The van der Waals surface area contributed by atoms with E-state index in [1.165, 1.54) is 13.2 Å². The van der Waals surface area contributed by atoms with Gasteiger partial charge in [-0.25, -0.2) is 0 Å². The molecular formula is C6H13O2Zn-. The van der Waals surface area contributed by atoms with Gasteiger partial charge in [-0.15, -0.1) is 0 Å². The maximum atomic E-state index is 8.68. The van der Waals surface area contributed by atoms with Crippen molar-refractivity contribution in [2.45, 2.75) is 26.7 Å². The van der Waals surface area contributed by atoms with Crippen LogP contribution in [0.1, 0.15) is 26.7 Å². The average Bonchev–Trinajstić information content (AvgIpc) is 1.71. The van der Waals surface area contributed by atoms with E-state index >= 15 is 0 Å². The van der Waals surface area contributed by atoms with Crippen molar-refractivity contribution in [2.24, 2.45) is 0 Å². The Morgan fingerprint density at radius 1 is 1.56 bits per heavy atom. The van der Waals surface area contributed by atoms with E-state index in [0.717, 1.165) is 12.8 Å². The minimum Gasteiger partial charge on any atom is -0.542 e. The van der Waals surface area contributed by atoms with Gasteiger partial charge in [-0.3, -0.25) is 6.29 Å². The van der Waals surface area contributed by atoms with Gasteiger partial charge in [0, 0.05) is 26.1 Å². The van der Waals surface area contributed by atoms with Crippen molar-refractivity contribution >= 4 is 6.29 Å². The van der Waals surface area contributed by atoms with Crippen LogP contribution in [-0.4, -0.2) is 18.0 Å². The number of aliphatic hydroxyl groups is 1. The fourth-order valence-electron chi connectivity index (χ4n) is 0.158. The van der Waals surface area contributed by atoms with E-state index in [1.54, 1.807) is 0 Å². The molecule has 0 atom stereocenters. The summed E-state index contributed by atoms with van der Waals surface area (Å²) in [7, 11) is 0. The number of aliphatic hydroxyl groups excluding tert-OH is 1. The number of unbranched alkanes of at least 4 members (excludes halogenated alkanes) is 1. The molecule has 9 heavy (non-hydrogen) atoms. The van der Waals surface area contributed by atoms with Crippen molar-refractivity contribution in [1.29, 1.82) is 0 Å². The van der Waals surface area contributed by atoms with Crippen molar-refractivity contribution in [2.75, 3.05) is 6.61 Å². The molecule has 0 aliphatic rings. The van der Waals surface area contributed by atoms with Crippen LogP contribution in [0.5, 0.6) is 0 Å². The molecule has 0 aromatic carbocycles. The van der Waals surface area contributed by atoms with Crippen LogP contribution in [-0.2, 0) is 24.3 Å². The summed E-state index contributed by atoms with van der Waals surface area (Å²) >= 11 is 0. The van der Waals surface area contributed by atoms with Gasteiger partial charge < -0.3 is 9.90 Å². The molecule has 0 bridgehead atoms.